The Balaban J connectivity index is 2.33. The summed E-state index contributed by atoms with van der Waals surface area (Å²) in [7, 11) is 0. The molecule has 0 amide bonds. The Hall–Kier alpha value is -0.650. The number of hydrogen-bond donors (Lipinski definition) is 1. The SMILES string of the molecule is CCOCCN(CC)Cc1csc(N)n1. The molecule has 5 heteroatoms. The highest BCUT2D eigenvalue weighted by Crippen LogP contribution is 2.12. The Kier molecular flexibility index (Phi) is 5.60. The van der Waals surface area contributed by atoms with E-state index in [4.69, 9.17) is 10.5 Å². The van der Waals surface area contributed by atoms with Crippen molar-refractivity contribution in [3.63, 3.8) is 0 Å². The van der Waals surface area contributed by atoms with Crippen LogP contribution in [-0.2, 0) is 11.3 Å². The fourth-order valence-electron chi connectivity index (χ4n) is 1.31. The van der Waals surface area contributed by atoms with E-state index in [0.29, 0.717) is 5.13 Å². The number of hydrogen-bond acceptors (Lipinski definition) is 5. The molecule has 0 unspecified atom stereocenters. The average Bonchev–Trinajstić information content (AvgIpc) is 2.63. The van der Waals surface area contributed by atoms with Gasteiger partial charge in [-0.15, -0.1) is 11.3 Å². The van der Waals surface area contributed by atoms with Crippen molar-refractivity contribution in [1.29, 1.82) is 0 Å². The van der Waals surface area contributed by atoms with Crippen molar-refractivity contribution in [3.05, 3.63) is 11.1 Å². The van der Waals surface area contributed by atoms with Crippen molar-refractivity contribution in [2.24, 2.45) is 0 Å². The number of nitrogens with zero attached hydrogens (tertiary/aromatic N) is 2. The van der Waals surface area contributed by atoms with E-state index in [2.05, 4.69) is 16.8 Å². The molecule has 86 valence electrons. The van der Waals surface area contributed by atoms with Crippen LogP contribution in [0.4, 0.5) is 5.13 Å². The highest BCUT2D eigenvalue weighted by molar-refractivity contribution is 7.13. The summed E-state index contributed by atoms with van der Waals surface area (Å²) in [4.78, 5) is 6.54. The van der Waals surface area contributed by atoms with Crippen molar-refractivity contribution in [3.8, 4) is 0 Å². The Labute approximate surface area is 95.1 Å². The van der Waals surface area contributed by atoms with Crippen LogP contribution < -0.4 is 5.73 Å². The lowest BCUT2D eigenvalue weighted by atomic mass is 10.4. The molecule has 0 saturated heterocycles. The van der Waals surface area contributed by atoms with Crippen LogP contribution in [0.5, 0.6) is 0 Å². The van der Waals surface area contributed by atoms with Gasteiger partial charge in [0.05, 0.1) is 12.3 Å². The number of likely N-dealkylation sites (N-methyl/N-ethyl adjacent to an activating group) is 1. The summed E-state index contributed by atoms with van der Waals surface area (Å²) in [6.07, 6.45) is 0. The maximum atomic E-state index is 5.58. The summed E-state index contributed by atoms with van der Waals surface area (Å²) in [6.45, 7) is 8.52. The standard InChI is InChI=1S/C10H19N3OS/c1-3-13(5-6-14-4-2)7-9-8-15-10(11)12-9/h8H,3-7H2,1-2H3,(H2,11,12). The fourth-order valence-corrected chi connectivity index (χ4v) is 1.87. The Morgan fingerprint density at radius 2 is 2.33 bits per heavy atom. The predicted molar refractivity (Wildman–Crippen MR) is 64.0 cm³/mol. The first-order valence-electron chi connectivity index (χ1n) is 5.26. The summed E-state index contributed by atoms with van der Waals surface area (Å²) < 4.78 is 5.32. The predicted octanol–water partition coefficient (Wildman–Crippen LogP) is 1.58. The number of anilines is 1. The minimum absolute atomic E-state index is 0.644. The largest absolute Gasteiger partial charge is 0.380 e. The van der Waals surface area contributed by atoms with Gasteiger partial charge in [0.25, 0.3) is 0 Å². The molecule has 0 aliphatic heterocycles. The maximum absolute atomic E-state index is 5.58. The van der Waals surface area contributed by atoms with Crippen LogP contribution in [0.2, 0.25) is 0 Å². The van der Waals surface area contributed by atoms with E-state index in [1.54, 1.807) is 0 Å². The molecule has 0 radical (unpaired) electrons. The van der Waals surface area contributed by atoms with Gasteiger partial charge in [-0.1, -0.05) is 6.92 Å². The van der Waals surface area contributed by atoms with Crippen LogP contribution in [0.3, 0.4) is 0 Å². The van der Waals surface area contributed by atoms with Gasteiger partial charge in [0.2, 0.25) is 0 Å². The summed E-state index contributed by atoms with van der Waals surface area (Å²) in [6, 6.07) is 0. The third-order valence-corrected chi connectivity index (χ3v) is 2.88. The Morgan fingerprint density at radius 1 is 1.53 bits per heavy atom. The monoisotopic (exact) mass is 229 g/mol. The van der Waals surface area contributed by atoms with Crippen molar-refractivity contribution >= 4 is 16.5 Å². The van der Waals surface area contributed by atoms with Gasteiger partial charge in [0.1, 0.15) is 0 Å². The van der Waals surface area contributed by atoms with Crippen molar-refractivity contribution in [1.82, 2.24) is 9.88 Å². The first-order chi connectivity index (χ1) is 7.26. The molecule has 15 heavy (non-hydrogen) atoms. The first kappa shape index (κ1) is 12.4. The molecule has 4 nitrogen and oxygen atoms in total. The fraction of sp³-hybridized carbons (Fsp3) is 0.700. The lowest BCUT2D eigenvalue weighted by molar-refractivity contribution is 0.112. The highest BCUT2D eigenvalue weighted by Gasteiger charge is 2.05. The molecule has 2 N–H and O–H groups in total. The molecule has 1 heterocycles. The van der Waals surface area contributed by atoms with E-state index >= 15 is 0 Å². The molecule has 1 rings (SSSR count). The third kappa shape index (κ3) is 4.59. The minimum atomic E-state index is 0.644. The van der Waals surface area contributed by atoms with Crippen LogP contribution in [0.1, 0.15) is 19.5 Å². The first-order valence-corrected chi connectivity index (χ1v) is 6.14. The van der Waals surface area contributed by atoms with Crippen LogP contribution in [0.15, 0.2) is 5.38 Å². The second kappa shape index (κ2) is 6.76. The van der Waals surface area contributed by atoms with Gasteiger partial charge >= 0.3 is 0 Å². The van der Waals surface area contributed by atoms with Crippen LogP contribution in [0.25, 0.3) is 0 Å². The molecule has 0 aliphatic rings. The maximum Gasteiger partial charge on any atom is 0.180 e. The van der Waals surface area contributed by atoms with Gasteiger partial charge in [0.15, 0.2) is 5.13 Å². The number of rotatable bonds is 7. The van der Waals surface area contributed by atoms with Gasteiger partial charge in [-0.25, -0.2) is 4.98 Å². The molecule has 0 aromatic carbocycles. The van der Waals surface area contributed by atoms with Gasteiger partial charge in [0, 0.05) is 25.1 Å². The molecule has 0 atom stereocenters. The molecular weight excluding hydrogens is 210 g/mol. The van der Waals surface area contributed by atoms with E-state index in [0.717, 1.165) is 38.5 Å². The van der Waals surface area contributed by atoms with Crippen molar-refractivity contribution in [2.45, 2.75) is 20.4 Å². The summed E-state index contributed by atoms with van der Waals surface area (Å²) >= 11 is 1.49. The smallest absolute Gasteiger partial charge is 0.180 e. The summed E-state index contributed by atoms with van der Waals surface area (Å²) in [5, 5.41) is 2.66. The van der Waals surface area contributed by atoms with Gasteiger partial charge < -0.3 is 10.5 Å². The molecule has 0 saturated carbocycles. The third-order valence-electron chi connectivity index (χ3n) is 2.16. The molecule has 0 fully saturated rings. The number of nitrogen functional groups attached to an aromatic ring is 1. The lowest BCUT2D eigenvalue weighted by Crippen LogP contribution is -2.27. The number of aromatic nitrogens is 1. The van der Waals surface area contributed by atoms with Gasteiger partial charge in [-0.05, 0) is 13.5 Å². The summed E-state index contributed by atoms with van der Waals surface area (Å²) in [5.74, 6) is 0. The minimum Gasteiger partial charge on any atom is -0.380 e. The molecule has 0 bridgehead atoms. The lowest BCUT2D eigenvalue weighted by Gasteiger charge is -2.18. The zero-order valence-electron chi connectivity index (χ0n) is 9.40. The zero-order chi connectivity index (χ0) is 11.1. The molecular formula is C10H19N3OS. The number of ether oxygens (including phenoxy) is 1. The summed E-state index contributed by atoms with van der Waals surface area (Å²) in [5.41, 5.74) is 6.63. The van der Waals surface area contributed by atoms with Crippen LogP contribution >= 0.6 is 11.3 Å². The number of nitrogens with two attached hydrogens (primary N) is 1. The quantitative estimate of drug-likeness (QED) is 0.721. The van der Waals surface area contributed by atoms with E-state index in [-0.39, 0.29) is 0 Å². The normalized spacial score (nSPS) is 11.1. The average molecular weight is 229 g/mol. The molecule has 0 spiro atoms. The highest BCUT2D eigenvalue weighted by atomic mass is 32.1. The van der Waals surface area contributed by atoms with E-state index in [9.17, 15) is 0 Å². The topological polar surface area (TPSA) is 51.4 Å². The molecule has 1 aromatic rings. The molecule has 0 aliphatic carbocycles. The molecule has 1 aromatic heterocycles. The van der Waals surface area contributed by atoms with Crippen LogP contribution in [0, 0.1) is 0 Å². The van der Waals surface area contributed by atoms with Gasteiger partial charge in [-0.3, -0.25) is 4.90 Å². The Bertz CT molecular complexity index is 277. The van der Waals surface area contributed by atoms with Crippen LogP contribution in [-0.4, -0.2) is 36.2 Å². The van der Waals surface area contributed by atoms with E-state index < -0.39 is 0 Å². The second-order valence-corrected chi connectivity index (χ2v) is 4.13. The van der Waals surface area contributed by atoms with Gasteiger partial charge in [-0.2, -0.15) is 0 Å². The second-order valence-electron chi connectivity index (χ2n) is 3.24. The number of thiazole rings is 1. The van der Waals surface area contributed by atoms with E-state index in [1.165, 1.54) is 11.3 Å². The van der Waals surface area contributed by atoms with Crippen molar-refractivity contribution in [2.75, 3.05) is 32.0 Å². The van der Waals surface area contributed by atoms with Crippen molar-refractivity contribution < 1.29 is 4.74 Å². The van der Waals surface area contributed by atoms with E-state index in [1.807, 2.05) is 12.3 Å². The Morgan fingerprint density at radius 3 is 2.87 bits per heavy atom. The zero-order valence-corrected chi connectivity index (χ0v) is 10.2.